The van der Waals surface area contributed by atoms with E-state index in [2.05, 4.69) is 5.73 Å². The largest absolute Gasteiger partial charge is 0.461 e. The van der Waals surface area contributed by atoms with Gasteiger partial charge in [0.15, 0.2) is 4.91 Å². The Morgan fingerprint density at radius 2 is 1.89 bits per heavy atom. The molecule has 0 spiro atoms. The highest BCUT2D eigenvalue weighted by Gasteiger charge is 2.35. The van der Waals surface area contributed by atoms with Crippen LogP contribution in [0.3, 0.4) is 0 Å². The molecule has 108 valence electrons. The van der Waals surface area contributed by atoms with Gasteiger partial charge in [0.1, 0.15) is 10.8 Å². The molecule has 0 amide bonds. The maximum Gasteiger partial charge on any atom is 0.355 e. The molecule has 1 saturated carbocycles. The van der Waals surface area contributed by atoms with Crippen LogP contribution in [0.15, 0.2) is 16.2 Å². The Balaban J connectivity index is 3.15. The average Bonchev–Trinajstić information content (AvgIpc) is 2.35. The second-order valence-electron chi connectivity index (χ2n) is 4.05. The van der Waals surface area contributed by atoms with Crippen molar-refractivity contribution in [1.29, 1.82) is 0 Å². The van der Waals surface area contributed by atoms with Gasteiger partial charge in [-0.3, -0.25) is 0 Å². The molecule has 0 saturated heterocycles. The van der Waals surface area contributed by atoms with E-state index in [0.717, 1.165) is 37.7 Å². The van der Waals surface area contributed by atoms with E-state index >= 15 is 0 Å². The van der Waals surface area contributed by atoms with Crippen LogP contribution in [0.25, 0.3) is 0 Å². The molecule has 0 radical (unpaired) electrons. The van der Waals surface area contributed by atoms with Gasteiger partial charge in [0.25, 0.3) is 3.12 Å². The minimum atomic E-state index is -2.10. The number of halogens is 3. The Morgan fingerprint density at radius 3 is 2.37 bits per heavy atom. The van der Waals surface area contributed by atoms with Gasteiger partial charge in [0.2, 0.25) is 0 Å². The van der Waals surface area contributed by atoms with Crippen molar-refractivity contribution in [2.45, 2.75) is 42.2 Å². The summed E-state index contributed by atoms with van der Waals surface area (Å²) >= 11 is 16.8. The van der Waals surface area contributed by atoms with E-state index in [1.807, 2.05) is 0 Å². The second-order valence-corrected chi connectivity index (χ2v) is 8.56. The summed E-state index contributed by atoms with van der Waals surface area (Å²) in [5.74, 6) is -0.745. The molecule has 1 fully saturated rings. The summed E-state index contributed by atoms with van der Waals surface area (Å²) < 4.78 is 14.8. The van der Waals surface area contributed by atoms with Crippen molar-refractivity contribution in [2.75, 3.05) is 6.61 Å². The standard InChI is InChI=1S/C12H15Cl3O3S/c1-2-18-11(16)10(19(17)12(13,14)15)8-9-6-4-3-5-7-9/h2-7H2,1H3. The highest BCUT2D eigenvalue weighted by Crippen LogP contribution is 2.34. The predicted octanol–water partition coefficient (Wildman–Crippen LogP) is 4.00. The molecule has 0 bridgehead atoms. The number of carbonyl (C=O) groups is 1. The Kier molecular flexibility index (Phi) is 6.92. The summed E-state index contributed by atoms with van der Waals surface area (Å²) in [6, 6.07) is 0. The normalized spacial score (nSPS) is 17.6. The highest BCUT2D eigenvalue weighted by molar-refractivity contribution is 7.95. The first-order valence-corrected chi connectivity index (χ1v) is 8.29. The third kappa shape index (κ3) is 5.49. The molecule has 0 heterocycles. The molecule has 1 aliphatic carbocycles. The fourth-order valence-corrected chi connectivity index (χ4v) is 3.12. The van der Waals surface area contributed by atoms with E-state index in [4.69, 9.17) is 39.5 Å². The quantitative estimate of drug-likeness (QED) is 0.336. The molecule has 0 aromatic rings. The van der Waals surface area contributed by atoms with Gasteiger partial charge in [-0.15, -0.1) is 0 Å². The lowest BCUT2D eigenvalue weighted by Gasteiger charge is -2.14. The number of carbonyl (C=O) groups excluding carboxylic acids is 1. The first-order chi connectivity index (χ1) is 8.86. The van der Waals surface area contributed by atoms with Crippen LogP contribution < -0.4 is 0 Å². The lowest BCUT2D eigenvalue weighted by atomic mass is 9.96. The lowest BCUT2D eigenvalue weighted by Crippen LogP contribution is -2.20. The summed E-state index contributed by atoms with van der Waals surface area (Å²) in [4.78, 5) is 11.6. The van der Waals surface area contributed by atoms with Gasteiger partial charge in [0.05, 0.1) is 6.61 Å². The zero-order chi connectivity index (χ0) is 14.5. The van der Waals surface area contributed by atoms with Crippen LogP contribution in [0.1, 0.15) is 39.0 Å². The summed E-state index contributed by atoms with van der Waals surface area (Å²) in [7, 11) is -2.10. The molecular formula is C12H15Cl3O3S. The smallest absolute Gasteiger partial charge is 0.355 e. The van der Waals surface area contributed by atoms with Crippen LogP contribution in [-0.2, 0) is 20.3 Å². The Morgan fingerprint density at radius 1 is 1.32 bits per heavy atom. The SMILES string of the molecule is CCOC(=O)C(=C=C1CCCCC1)S(=O)C(Cl)(Cl)Cl. The van der Waals surface area contributed by atoms with Gasteiger partial charge < -0.3 is 4.74 Å². The zero-order valence-electron chi connectivity index (χ0n) is 10.5. The van der Waals surface area contributed by atoms with Crippen LogP contribution in [0.2, 0.25) is 0 Å². The number of rotatable bonds is 3. The monoisotopic (exact) mass is 344 g/mol. The van der Waals surface area contributed by atoms with Gasteiger partial charge in [-0.1, -0.05) is 47.0 Å². The zero-order valence-corrected chi connectivity index (χ0v) is 13.6. The van der Waals surface area contributed by atoms with E-state index in [1.54, 1.807) is 6.92 Å². The molecule has 0 aromatic carbocycles. The molecule has 3 nitrogen and oxygen atoms in total. The molecule has 19 heavy (non-hydrogen) atoms. The van der Waals surface area contributed by atoms with Gasteiger partial charge in [-0.05, 0) is 38.2 Å². The molecule has 1 unspecified atom stereocenters. The van der Waals surface area contributed by atoms with Crippen LogP contribution in [0.5, 0.6) is 0 Å². The molecule has 1 rings (SSSR count). The first-order valence-electron chi connectivity index (χ1n) is 6.00. The summed E-state index contributed by atoms with van der Waals surface area (Å²) in [6.07, 6.45) is 4.84. The number of ether oxygens (including phenoxy) is 1. The van der Waals surface area contributed by atoms with Crippen molar-refractivity contribution in [2.24, 2.45) is 0 Å². The van der Waals surface area contributed by atoms with E-state index < -0.39 is 19.9 Å². The fraction of sp³-hybridized carbons (Fsp3) is 0.667. The maximum absolute atomic E-state index is 12.1. The Bertz CT molecular complexity index is 426. The number of hydrogen-bond donors (Lipinski definition) is 0. The third-order valence-corrected chi connectivity index (χ3v) is 4.93. The lowest BCUT2D eigenvalue weighted by molar-refractivity contribution is -0.137. The van der Waals surface area contributed by atoms with E-state index in [0.29, 0.717) is 0 Å². The number of alkyl halides is 3. The minimum Gasteiger partial charge on any atom is -0.461 e. The van der Waals surface area contributed by atoms with Crippen molar-refractivity contribution in [3.63, 3.8) is 0 Å². The third-order valence-electron chi connectivity index (χ3n) is 2.60. The summed E-state index contributed by atoms with van der Waals surface area (Å²) in [5, 5.41) is 0. The highest BCUT2D eigenvalue weighted by atomic mass is 35.6. The van der Waals surface area contributed by atoms with Gasteiger partial charge in [-0.2, -0.15) is 0 Å². The van der Waals surface area contributed by atoms with Crippen LogP contribution in [0, 0.1) is 0 Å². The molecule has 0 aromatic heterocycles. The minimum absolute atomic E-state index is 0.163. The van der Waals surface area contributed by atoms with Gasteiger partial charge in [0, 0.05) is 0 Å². The first kappa shape index (κ1) is 17.1. The maximum atomic E-state index is 12.1. The summed E-state index contributed by atoms with van der Waals surface area (Å²) in [5.41, 5.74) is 3.78. The Labute approximate surface area is 130 Å². The molecular weight excluding hydrogens is 331 g/mol. The van der Waals surface area contributed by atoms with E-state index in [9.17, 15) is 9.00 Å². The van der Waals surface area contributed by atoms with Gasteiger partial charge >= 0.3 is 5.97 Å². The summed E-state index contributed by atoms with van der Waals surface area (Å²) in [6.45, 7) is 1.82. The van der Waals surface area contributed by atoms with Crippen LogP contribution in [0.4, 0.5) is 0 Å². The topological polar surface area (TPSA) is 43.4 Å². The van der Waals surface area contributed by atoms with Crippen molar-refractivity contribution >= 4 is 51.6 Å². The van der Waals surface area contributed by atoms with Crippen LogP contribution in [-0.4, -0.2) is 19.9 Å². The average molecular weight is 346 g/mol. The molecule has 1 atom stereocenters. The van der Waals surface area contributed by atoms with Crippen molar-refractivity contribution in [3.05, 3.63) is 16.2 Å². The van der Waals surface area contributed by atoms with E-state index in [-0.39, 0.29) is 11.5 Å². The molecule has 0 N–H and O–H groups in total. The Hall–Kier alpha value is 0.01000. The number of hydrogen-bond acceptors (Lipinski definition) is 3. The molecule has 7 heteroatoms. The van der Waals surface area contributed by atoms with Gasteiger partial charge in [-0.25, -0.2) is 9.00 Å². The van der Waals surface area contributed by atoms with Crippen molar-refractivity contribution < 1.29 is 13.7 Å². The van der Waals surface area contributed by atoms with Crippen molar-refractivity contribution in [1.82, 2.24) is 0 Å². The van der Waals surface area contributed by atoms with Crippen LogP contribution >= 0.6 is 34.8 Å². The fourth-order valence-electron chi connectivity index (χ4n) is 1.75. The molecule has 1 aliphatic rings. The van der Waals surface area contributed by atoms with Crippen molar-refractivity contribution in [3.8, 4) is 0 Å². The molecule has 0 aliphatic heterocycles. The van der Waals surface area contributed by atoms with E-state index in [1.165, 1.54) is 0 Å². The predicted molar refractivity (Wildman–Crippen MR) is 78.7 cm³/mol. The second kappa shape index (κ2) is 7.70. The number of esters is 1.